The molecular formula is C12H19N5O6P2. The second-order valence-corrected chi connectivity index (χ2v) is 10.4. The molecule has 25 heavy (non-hydrogen) atoms. The molecule has 3 rings (SSSR count). The summed E-state index contributed by atoms with van der Waals surface area (Å²) in [6, 6.07) is 0. The van der Waals surface area contributed by atoms with Crippen LogP contribution in [0.4, 0.5) is 5.82 Å². The van der Waals surface area contributed by atoms with Gasteiger partial charge in [0, 0.05) is 19.8 Å². The summed E-state index contributed by atoms with van der Waals surface area (Å²) in [5.74, 6) is 0.216. The number of hydrogen-bond acceptors (Lipinski definition) is 8. The molecule has 0 radical (unpaired) electrons. The van der Waals surface area contributed by atoms with Crippen molar-refractivity contribution < 1.29 is 28.2 Å². The van der Waals surface area contributed by atoms with Gasteiger partial charge in [0.1, 0.15) is 18.1 Å². The zero-order valence-electron chi connectivity index (χ0n) is 13.6. The maximum absolute atomic E-state index is 11.8. The van der Waals surface area contributed by atoms with Gasteiger partial charge in [-0.15, -0.1) is 0 Å². The Morgan fingerprint density at radius 1 is 1.36 bits per heavy atom. The molecule has 0 aromatic carbocycles. The first-order valence-corrected chi connectivity index (χ1v) is 11.7. The number of fused-ring (bicyclic) bond motifs is 1. The van der Waals surface area contributed by atoms with Gasteiger partial charge in [0.15, 0.2) is 18.8 Å². The summed E-state index contributed by atoms with van der Waals surface area (Å²) < 4.78 is 36.0. The maximum atomic E-state index is 11.8. The molecule has 11 nitrogen and oxygen atoms in total. The zero-order chi connectivity index (χ0) is 18.4. The van der Waals surface area contributed by atoms with E-state index in [1.165, 1.54) is 19.3 Å². The van der Waals surface area contributed by atoms with Crippen molar-refractivity contribution >= 4 is 31.9 Å². The second kappa shape index (κ2) is 6.42. The monoisotopic (exact) mass is 391 g/mol. The van der Waals surface area contributed by atoms with Crippen LogP contribution >= 0.6 is 15.0 Å². The fraction of sp³-hybridized carbons (Fsp3) is 0.583. The average Bonchev–Trinajstić information content (AvgIpc) is 3.01. The number of rotatable bonds is 5. The fourth-order valence-corrected chi connectivity index (χ4v) is 4.53. The molecule has 1 fully saturated rings. The van der Waals surface area contributed by atoms with Gasteiger partial charge < -0.3 is 24.8 Å². The highest BCUT2D eigenvalue weighted by molar-refractivity contribution is 7.57. The van der Waals surface area contributed by atoms with E-state index in [4.69, 9.17) is 15.0 Å². The van der Waals surface area contributed by atoms with Crippen LogP contribution in [0.2, 0.25) is 0 Å². The lowest BCUT2D eigenvalue weighted by atomic mass is 10.2. The van der Waals surface area contributed by atoms with E-state index in [1.54, 1.807) is 4.57 Å². The molecule has 3 heterocycles. The van der Waals surface area contributed by atoms with E-state index in [2.05, 4.69) is 15.0 Å². The van der Waals surface area contributed by atoms with Crippen molar-refractivity contribution in [1.29, 1.82) is 0 Å². The number of nitrogens with zero attached hydrogens (tertiary/aromatic N) is 4. The molecule has 2 unspecified atom stereocenters. The van der Waals surface area contributed by atoms with E-state index < -0.39 is 33.4 Å². The lowest BCUT2D eigenvalue weighted by Gasteiger charge is -2.21. The molecule has 1 saturated heterocycles. The fourth-order valence-electron chi connectivity index (χ4n) is 2.81. The summed E-state index contributed by atoms with van der Waals surface area (Å²) in [4.78, 5) is 31.3. The van der Waals surface area contributed by atoms with Crippen molar-refractivity contribution in [3.63, 3.8) is 0 Å². The number of nitrogens with two attached hydrogens (primary N) is 1. The predicted octanol–water partition coefficient (Wildman–Crippen LogP) is 0.797. The van der Waals surface area contributed by atoms with Crippen molar-refractivity contribution in [2.45, 2.75) is 24.9 Å². The van der Waals surface area contributed by atoms with Crippen LogP contribution in [0.5, 0.6) is 0 Å². The van der Waals surface area contributed by atoms with Crippen molar-refractivity contribution in [2.75, 3.05) is 25.2 Å². The number of ether oxygens (including phenoxy) is 1. The van der Waals surface area contributed by atoms with E-state index in [9.17, 15) is 18.9 Å². The van der Waals surface area contributed by atoms with E-state index in [0.717, 1.165) is 6.66 Å². The number of nitrogen functional groups attached to an aromatic ring is 1. The molecule has 0 saturated carbocycles. The van der Waals surface area contributed by atoms with Crippen LogP contribution in [0.25, 0.3) is 11.2 Å². The highest BCUT2D eigenvalue weighted by atomic mass is 31.2. The summed E-state index contributed by atoms with van der Waals surface area (Å²) in [5.41, 5.74) is 6.59. The lowest BCUT2D eigenvalue weighted by molar-refractivity contribution is -0.00280. The van der Waals surface area contributed by atoms with Crippen LogP contribution < -0.4 is 5.73 Å². The third kappa shape index (κ3) is 4.25. The third-order valence-corrected chi connectivity index (χ3v) is 5.43. The van der Waals surface area contributed by atoms with Gasteiger partial charge in [-0.1, -0.05) is 0 Å². The Morgan fingerprint density at radius 2 is 2.08 bits per heavy atom. The SMILES string of the molecule is CP(=O)(O)C[C@H]1O[C@@H](n2cnc3c(N)ncnc32)C[C@@H]1OP(C)(=O)O. The Hall–Kier alpha value is -1.35. The predicted molar refractivity (Wildman–Crippen MR) is 89.5 cm³/mol. The molecule has 4 N–H and O–H groups in total. The summed E-state index contributed by atoms with van der Waals surface area (Å²) in [6.07, 6.45) is 0.488. The maximum Gasteiger partial charge on any atom is 0.325 e. The molecule has 138 valence electrons. The van der Waals surface area contributed by atoms with Crippen molar-refractivity contribution in [1.82, 2.24) is 19.5 Å². The number of imidazole rings is 1. The van der Waals surface area contributed by atoms with Gasteiger partial charge in [-0.2, -0.15) is 0 Å². The van der Waals surface area contributed by atoms with Gasteiger partial charge in [-0.25, -0.2) is 15.0 Å². The normalized spacial score (nSPS) is 28.7. The first-order chi connectivity index (χ1) is 11.5. The number of hydrogen-bond donors (Lipinski definition) is 3. The van der Waals surface area contributed by atoms with E-state index in [1.807, 2.05) is 0 Å². The van der Waals surface area contributed by atoms with E-state index >= 15 is 0 Å². The third-order valence-electron chi connectivity index (χ3n) is 3.73. The highest BCUT2D eigenvalue weighted by Gasteiger charge is 2.42. The molecule has 1 aliphatic heterocycles. The van der Waals surface area contributed by atoms with Gasteiger partial charge in [0.05, 0.1) is 24.7 Å². The van der Waals surface area contributed by atoms with Crippen LogP contribution in [0.1, 0.15) is 12.6 Å². The van der Waals surface area contributed by atoms with Gasteiger partial charge in [0.2, 0.25) is 0 Å². The molecular weight excluding hydrogens is 372 g/mol. The standard InChI is InChI=1S/C12H19N5O6P2/c1-24(18,19)4-8-7(23-25(2,20)21)3-9(22-8)17-6-16-10-11(13)14-5-15-12(10)17/h5-9H,3-4H2,1-2H3,(H,18,19)(H,20,21)(H2,13,14,15)/t7-,8+,9+/m0/s1. The molecule has 2 aromatic rings. The molecule has 0 bridgehead atoms. The van der Waals surface area contributed by atoms with E-state index in [0.29, 0.717) is 11.2 Å². The van der Waals surface area contributed by atoms with Gasteiger partial charge >= 0.3 is 7.60 Å². The lowest BCUT2D eigenvalue weighted by Crippen LogP contribution is -2.27. The Bertz CT molecular complexity index is 844. The van der Waals surface area contributed by atoms with Gasteiger partial charge in [0.25, 0.3) is 0 Å². The van der Waals surface area contributed by atoms with Gasteiger partial charge in [-0.3, -0.25) is 13.7 Å². The van der Waals surface area contributed by atoms with Crippen LogP contribution in [0, 0.1) is 0 Å². The quantitative estimate of drug-likeness (QED) is 0.621. The molecule has 0 aliphatic carbocycles. The topological polar surface area (TPSA) is 163 Å². The van der Waals surface area contributed by atoms with Crippen LogP contribution in [0.3, 0.4) is 0 Å². The Labute approximate surface area is 143 Å². The second-order valence-electron chi connectivity index (χ2n) is 6.13. The van der Waals surface area contributed by atoms with Crippen LogP contribution in [0.15, 0.2) is 12.7 Å². The molecule has 5 atom stereocenters. The Balaban J connectivity index is 1.91. The van der Waals surface area contributed by atoms with Crippen molar-refractivity contribution in [3.8, 4) is 0 Å². The minimum absolute atomic E-state index is 0.193. The Morgan fingerprint density at radius 3 is 2.72 bits per heavy atom. The number of aromatic nitrogens is 4. The molecule has 1 aliphatic rings. The van der Waals surface area contributed by atoms with Gasteiger partial charge in [-0.05, 0) is 0 Å². The molecule has 13 heteroatoms. The summed E-state index contributed by atoms with van der Waals surface area (Å²) in [6.45, 7) is 2.26. The smallest absolute Gasteiger partial charge is 0.325 e. The Kier molecular flexibility index (Phi) is 4.74. The first kappa shape index (κ1) is 18.4. The van der Waals surface area contributed by atoms with E-state index in [-0.39, 0.29) is 18.4 Å². The van der Waals surface area contributed by atoms with Crippen molar-refractivity contribution in [2.24, 2.45) is 0 Å². The van der Waals surface area contributed by atoms with Crippen LogP contribution in [-0.2, 0) is 18.4 Å². The molecule has 2 aromatic heterocycles. The summed E-state index contributed by atoms with van der Waals surface area (Å²) in [7, 11) is -7.22. The van der Waals surface area contributed by atoms with Crippen LogP contribution in [-0.4, -0.2) is 61.0 Å². The first-order valence-electron chi connectivity index (χ1n) is 7.40. The zero-order valence-corrected chi connectivity index (χ0v) is 15.4. The highest BCUT2D eigenvalue weighted by Crippen LogP contribution is 2.48. The largest absolute Gasteiger partial charge is 0.382 e. The van der Waals surface area contributed by atoms with Crippen molar-refractivity contribution in [3.05, 3.63) is 12.7 Å². The summed E-state index contributed by atoms with van der Waals surface area (Å²) >= 11 is 0. The minimum Gasteiger partial charge on any atom is -0.382 e. The minimum atomic E-state index is -3.80. The molecule has 0 spiro atoms. The average molecular weight is 391 g/mol. The summed E-state index contributed by atoms with van der Waals surface area (Å²) in [5, 5.41) is 0. The molecule has 0 amide bonds. The number of anilines is 1.